The molecule has 7 nitrogen and oxygen atoms in total. The summed E-state index contributed by atoms with van der Waals surface area (Å²) in [5.74, 6) is 0.913. The van der Waals surface area contributed by atoms with Crippen LogP contribution in [-0.4, -0.2) is 35.4 Å². The van der Waals surface area contributed by atoms with E-state index in [1.165, 1.54) is 23.1 Å². The molecule has 0 radical (unpaired) electrons. The van der Waals surface area contributed by atoms with E-state index >= 15 is 0 Å². The number of thiophene rings is 1. The maximum absolute atomic E-state index is 13.1. The Balaban J connectivity index is 1.95. The van der Waals surface area contributed by atoms with Crippen LogP contribution in [0.15, 0.2) is 34.2 Å². The standard InChI is InChI=1S/C20H23N3O4S2/c1-4-13-10-14-18(29-13)22-20(28-11-17(21)24)23(19(14)25)8-7-12-5-6-15(26-2)16(9-12)27-3/h5-6,9-10H,4,7-8,11H2,1-3H3,(H2,21,24). The third kappa shape index (κ3) is 4.73. The van der Waals surface area contributed by atoms with Crippen molar-refractivity contribution in [1.82, 2.24) is 9.55 Å². The van der Waals surface area contributed by atoms with Crippen molar-refractivity contribution >= 4 is 39.2 Å². The smallest absolute Gasteiger partial charge is 0.262 e. The van der Waals surface area contributed by atoms with E-state index in [0.717, 1.165) is 16.9 Å². The Morgan fingerprint density at radius 2 is 2.00 bits per heavy atom. The zero-order valence-electron chi connectivity index (χ0n) is 16.6. The number of nitrogens with two attached hydrogens (primary N) is 1. The van der Waals surface area contributed by atoms with Gasteiger partial charge >= 0.3 is 0 Å². The van der Waals surface area contributed by atoms with Gasteiger partial charge in [0.1, 0.15) is 4.83 Å². The van der Waals surface area contributed by atoms with Gasteiger partial charge in [0.15, 0.2) is 16.7 Å². The minimum absolute atomic E-state index is 0.0698. The fourth-order valence-corrected chi connectivity index (χ4v) is 4.71. The predicted octanol–water partition coefficient (Wildman–Crippen LogP) is 2.86. The molecule has 0 aliphatic rings. The highest BCUT2D eigenvalue weighted by Crippen LogP contribution is 2.28. The average molecular weight is 434 g/mol. The average Bonchev–Trinajstić information content (AvgIpc) is 3.15. The molecule has 0 aliphatic carbocycles. The zero-order chi connectivity index (χ0) is 21.0. The van der Waals surface area contributed by atoms with Gasteiger partial charge in [0.25, 0.3) is 5.56 Å². The summed E-state index contributed by atoms with van der Waals surface area (Å²) < 4.78 is 12.2. The van der Waals surface area contributed by atoms with Gasteiger partial charge in [-0.1, -0.05) is 24.8 Å². The monoisotopic (exact) mass is 433 g/mol. The van der Waals surface area contributed by atoms with Crippen LogP contribution in [0.2, 0.25) is 0 Å². The van der Waals surface area contributed by atoms with Crippen LogP contribution < -0.4 is 20.8 Å². The maximum Gasteiger partial charge on any atom is 0.262 e. The number of carbonyl (C=O) groups is 1. The van der Waals surface area contributed by atoms with Crippen molar-refractivity contribution in [2.75, 3.05) is 20.0 Å². The number of methoxy groups -OCH3 is 2. The molecular weight excluding hydrogens is 410 g/mol. The fourth-order valence-electron chi connectivity index (χ4n) is 2.94. The molecule has 3 aromatic rings. The van der Waals surface area contributed by atoms with Gasteiger partial charge in [-0.15, -0.1) is 11.3 Å². The summed E-state index contributed by atoms with van der Waals surface area (Å²) >= 11 is 2.70. The molecular formula is C20H23N3O4S2. The Kier molecular flexibility index (Phi) is 6.81. The summed E-state index contributed by atoms with van der Waals surface area (Å²) in [4.78, 5) is 30.8. The zero-order valence-corrected chi connectivity index (χ0v) is 18.2. The van der Waals surface area contributed by atoms with Crippen LogP contribution in [0.25, 0.3) is 10.2 Å². The Labute approximate surface area is 176 Å². The second-order valence-corrected chi connectivity index (χ2v) is 8.39. The summed E-state index contributed by atoms with van der Waals surface area (Å²) in [5.41, 5.74) is 6.19. The van der Waals surface area contributed by atoms with Gasteiger partial charge in [0.05, 0.1) is 25.4 Å². The van der Waals surface area contributed by atoms with Crippen molar-refractivity contribution in [3.63, 3.8) is 0 Å². The quantitative estimate of drug-likeness (QED) is 0.412. The minimum atomic E-state index is -0.448. The fraction of sp³-hybridized carbons (Fsp3) is 0.350. The first kappa shape index (κ1) is 21.2. The first-order chi connectivity index (χ1) is 14.0. The van der Waals surface area contributed by atoms with Crippen LogP contribution in [0, 0.1) is 0 Å². The molecule has 0 fully saturated rings. The number of primary amides is 1. The molecule has 0 aliphatic heterocycles. The molecule has 29 heavy (non-hydrogen) atoms. The third-order valence-corrected chi connectivity index (χ3v) is 6.60. The second-order valence-electron chi connectivity index (χ2n) is 6.33. The number of thioether (sulfide) groups is 1. The summed E-state index contributed by atoms with van der Waals surface area (Å²) in [5, 5.41) is 1.12. The number of fused-ring (bicyclic) bond motifs is 1. The molecule has 0 atom stereocenters. The van der Waals surface area contributed by atoms with Gasteiger partial charge in [0.2, 0.25) is 5.91 Å². The first-order valence-corrected chi connectivity index (χ1v) is 10.9. The number of aryl methyl sites for hydroxylation is 2. The molecule has 0 saturated carbocycles. The number of nitrogens with zero attached hydrogens (tertiary/aromatic N) is 2. The van der Waals surface area contributed by atoms with Gasteiger partial charge in [-0.2, -0.15) is 0 Å². The molecule has 3 rings (SSSR count). The molecule has 0 spiro atoms. The lowest BCUT2D eigenvalue weighted by Crippen LogP contribution is -2.24. The number of hydrogen-bond acceptors (Lipinski definition) is 7. The van der Waals surface area contributed by atoms with Crippen molar-refractivity contribution in [1.29, 1.82) is 0 Å². The Bertz CT molecular complexity index is 1090. The van der Waals surface area contributed by atoms with E-state index in [2.05, 4.69) is 4.98 Å². The Morgan fingerprint density at radius 1 is 1.24 bits per heavy atom. The Hall–Kier alpha value is -2.52. The molecule has 9 heteroatoms. The lowest BCUT2D eigenvalue weighted by atomic mass is 10.1. The molecule has 1 amide bonds. The first-order valence-electron chi connectivity index (χ1n) is 9.12. The van der Waals surface area contributed by atoms with E-state index in [4.69, 9.17) is 15.2 Å². The van der Waals surface area contributed by atoms with E-state index < -0.39 is 5.91 Å². The molecule has 2 heterocycles. The third-order valence-electron chi connectivity index (χ3n) is 4.43. The number of hydrogen-bond donors (Lipinski definition) is 1. The number of amides is 1. The highest BCUT2D eigenvalue weighted by atomic mass is 32.2. The van der Waals surface area contributed by atoms with Gasteiger partial charge in [-0.05, 0) is 36.6 Å². The normalized spacial score (nSPS) is 11.0. The molecule has 1 aromatic carbocycles. The number of aromatic nitrogens is 2. The van der Waals surface area contributed by atoms with Crippen LogP contribution in [0.3, 0.4) is 0 Å². The van der Waals surface area contributed by atoms with E-state index in [-0.39, 0.29) is 11.3 Å². The van der Waals surface area contributed by atoms with Crippen molar-refractivity contribution in [3.8, 4) is 11.5 Å². The van der Waals surface area contributed by atoms with Gasteiger partial charge < -0.3 is 15.2 Å². The number of ether oxygens (including phenoxy) is 2. The highest BCUT2D eigenvalue weighted by molar-refractivity contribution is 7.99. The van der Waals surface area contributed by atoms with Gasteiger partial charge in [0, 0.05) is 11.4 Å². The highest BCUT2D eigenvalue weighted by Gasteiger charge is 2.15. The molecule has 0 unspecified atom stereocenters. The summed E-state index contributed by atoms with van der Waals surface area (Å²) in [6.07, 6.45) is 1.44. The molecule has 0 saturated heterocycles. The van der Waals surface area contributed by atoms with Gasteiger partial charge in [-0.25, -0.2) is 4.98 Å². The van der Waals surface area contributed by atoms with E-state index in [1.807, 2.05) is 31.2 Å². The molecule has 2 N–H and O–H groups in total. The number of rotatable bonds is 9. The lowest BCUT2D eigenvalue weighted by molar-refractivity contribution is -0.115. The van der Waals surface area contributed by atoms with E-state index in [9.17, 15) is 9.59 Å². The number of carbonyl (C=O) groups excluding carboxylic acids is 1. The largest absolute Gasteiger partial charge is 0.493 e. The van der Waals surface area contributed by atoms with Crippen molar-refractivity contribution in [3.05, 3.63) is 45.1 Å². The van der Waals surface area contributed by atoms with Crippen molar-refractivity contribution in [2.45, 2.75) is 31.5 Å². The van der Waals surface area contributed by atoms with Crippen LogP contribution >= 0.6 is 23.1 Å². The molecule has 154 valence electrons. The predicted molar refractivity (Wildman–Crippen MR) is 116 cm³/mol. The van der Waals surface area contributed by atoms with Crippen LogP contribution in [0.5, 0.6) is 11.5 Å². The number of benzene rings is 1. The summed E-state index contributed by atoms with van der Waals surface area (Å²) in [7, 11) is 3.18. The maximum atomic E-state index is 13.1. The minimum Gasteiger partial charge on any atom is -0.493 e. The van der Waals surface area contributed by atoms with Crippen molar-refractivity contribution in [2.24, 2.45) is 5.73 Å². The summed E-state index contributed by atoms with van der Waals surface area (Å²) in [6.45, 7) is 2.47. The lowest BCUT2D eigenvalue weighted by Gasteiger charge is -2.13. The van der Waals surface area contributed by atoms with E-state index in [0.29, 0.717) is 39.8 Å². The summed E-state index contributed by atoms with van der Waals surface area (Å²) in [6, 6.07) is 7.58. The SMILES string of the molecule is CCc1cc2c(=O)n(CCc3ccc(OC)c(OC)c3)c(SCC(N)=O)nc2s1. The molecule has 2 aromatic heterocycles. The van der Waals surface area contributed by atoms with Gasteiger partial charge in [-0.3, -0.25) is 14.2 Å². The molecule has 0 bridgehead atoms. The van der Waals surface area contributed by atoms with Crippen LogP contribution in [0.1, 0.15) is 17.4 Å². The van der Waals surface area contributed by atoms with Crippen molar-refractivity contribution < 1.29 is 14.3 Å². The topological polar surface area (TPSA) is 96.4 Å². The Morgan fingerprint density at radius 3 is 2.66 bits per heavy atom. The van der Waals surface area contributed by atoms with Crippen LogP contribution in [-0.2, 0) is 24.2 Å². The van der Waals surface area contributed by atoms with Crippen LogP contribution in [0.4, 0.5) is 0 Å². The van der Waals surface area contributed by atoms with E-state index in [1.54, 1.807) is 18.8 Å². The second kappa shape index (κ2) is 9.32.